The van der Waals surface area contributed by atoms with Gasteiger partial charge in [0.1, 0.15) is 22.9 Å². The Morgan fingerprint density at radius 2 is 2.00 bits per heavy atom. The highest BCUT2D eigenvalue weighted by atomic mass is 35.5. The number of nitrogens with zero attached hydrogens (tertiary/aromatic N) is 1. The standard InChI is InChI=1S/C18H18Cl2N2O5S/c1-10-9-28(26)17-14(21-13(23)7-11-5-3-2-4-6-11)16(24)22(17)15(10)18(25)27-8-12(19)20/h2-6,12,14-15,17H,1,7-9H2,(H,21,23)/t14-,15-,17-,28+/m1/s1. The highest BCUT2D eigenvalue weighted by Crippen LogP contribution is 2.34. The van der Waals surface area contributed by atoms with Crippen LogP contribution in [0.5, 0.6) is 0 Å². The molecule has 1 aromatic carbocycles. The van der Waals surface area contributed by atoms with Crippen LogP contribution in [0.2, 0.25) is 0 Å². The van der Waals surface area contributed by atoms with E-state index in [0.29, 0.717) is 5.57 Å². The molecule has 0 bridgehead atoms. The molecule has 2 fully saturated rings. The van der Waals surface area contributed by atoms with Crippen molar-refractivity contribution >= 4 is 51.8 Å². The molecule has 7 nitrogen and oxygen atoms in total. The fourth-order valence-electron chi connectivity index (χ4n) is 3.23. The minimum atomic E-state index is -1.49. The van der Waals surface area contributed by atoms with E-state index >= 15 is 0 Å². The zero-order valence-corrected chi connectivity index (χ0v) is 17.0. The number of hydrogen-bond acceptors (Lipinski definition) is 5. The Kier molecular flexibility index (Phi) is 6.42. The molecule has 2 aliphatic rings. The summed E-state index contributed by atoms with van der Waals surface area (Å²) in [5.74, 6) is -1.57. The fourth-order valence-corrected chi connectivity index (χ4v) is 5.01. The molecule has 0 radical (unpaired) electrons. The van der Waals surface area contributed by atoms with E-state index in [-0.39, 0.29) is 24.7 Å². The number of hydrogen-bond donors (Lipinski definition) is 1. The topological polar surface area (TPSA) is 92.8 Å². The molecule has 10 heteroatoms. The Hall–Kier alpha value is -1.90. The fraction of sp³-hybridized carbons (Fsp3) is 0.389. The van der Waals surface area contributed by atoms with E-state index in [9.17, 15) is 18.6 Å². The third-order valence-electron chi connectivity index (χ3n) is 4.44. The first-order chi connectivity index (χ1) is 13.3. The lowest BCUT2D eigenvalue weighted by molar-refractivity contribution is -0.163. The van der Waals surface area contributed by atoms with E-state index in [2.05, 4.69) is 11.9 Å². The highest BCUT2D eigenvalue weighted by molar-refractivity contribution is 7.86. The molecule has 2 amide bonds. The van der Waals surface area contributed by atoms with Crippen LogP contribution in [0.15, 0.2) is 42.5 Å². The molecule has 0 aliphatic carbocycles. The Balaban J connectivity index is 1.68. The van der Waals surface area contributed by atoms with Gasteiger partial charge in [-0.3, -0.25) is 13.8 Å². The SMILES string of the molecule is C=C1C[S@](=O)[C@@H]2[C@H](NC(=O)Cc3ccccc3)C(=O)N2[C@H]1C(=O)OCC(Cl)Cl. The van der Waals surface area contributed by atoms with E-state index in [1.54, 1.807) is 12.1 Å². The van der Waals surface area contributed by atoms with E-state index < -0.39 is 45.0 Å². The lowest BCUT2D eigenvalue weighted by Crippen LogP contribution is -2.77. The minimum Gasteiger partial charge on any atom is -0.461 e. The van der Waals surface area contributed by atoms with Crippen molar-refractivity contribution in [3.63, 3.8) is 0 Å². The van der Waals surface area contributed by atoms with Crippen LogP contribution in [0.4, 0.5) is 0 Å². The summed E-state index contributed by atoms with van der Waals surface area (Å²) in [6.07, 6.45) is 0.0922. The monoisotopic (exact) mass is 444 g/mol. The van der Waals surface area contributed by atoms with Crippen molar-refractivity contribution in [2.24, 2.45) is 0 Å². The predicted molar refractivity (Wildman–Crippen MR) is 105 cm³/mol. The highest BCUT2D eigenvalue weighted by Gasteiger charge is 2.59. The third-order valence-corrected chi connectivity index (χ3v) is 6.39. The number of β-lactam (4-membered cyclic amide) rings is 1. The van der Waals surface area contributed by atoms with Gasteiger partial charge < -0.3 is 15.0 Å². The average molecular weight is 445 g/mol. The zero-order valence-electron chi connectivity index (χ0n) is 14.7. The molecule has 0 unspecified atom stereocenters. The smallest absolute Gasteiger partial charge is 0.333 e. The molecule has 0 aromatic heterocycles. The maximum atomic E-state index is 12.6. The average Bonchev–Trinajstić information content (AvgIpc) is 2.64. The van der Waals surface area contributed by atoms with Gasteiger partial charge in [0.2, 0.25) is 11.8 Å². The van der Waals surface area contributed by atoms with Crippen LogP contribution in [0, 0.1) is 0 Å². The van der Waals surface area contributed by atoms with Crippen molar-refractivity contribution in [2.45, 2.75) is 28.7 Å². The number of benzene rings is 1. The summed E-state index contributed by atoms with van der Waals surface area (Å²) in [6.45, 7) is 3.51. The van der Waals surface area contributed by atoms with E-state index in [0.717, 1.165) is 10.5 Å². The number of esters is 1. The Morgan fingerprint density at radius 1 is 1.32 bits per heavy atom. The number of rotatable bonds is 6. The molecule has 0 spiro atoms. The Morgan fingerprint density at radius 3 is 2.64 bits per heavy atom. The largest absolute Gasteiger partial charge is 0.461 e. The summed E-state index contributed by atoms with van der Waals surface area (Å²) in [5, 5.41) is 1.81. The third kappa shape index (κ3) is 4.24. The van der Waals surface area contributed by atoms with E-state index in [4.69, 9.17) is 27.9 Å². The van der Waals surface area contributed by atoms with Gasteiger partial charge in [-0.05, 0) is 11.1 Å². The van der Waals surface area contributed by atoms with Crippen molar-refractivity contribution in [1.82, 2.24) is 10.2 Å². The summed E-state index contributed by atoms with van der Waals surface area (Å²) >= 11 is 11.1. The van der Waals surface area contributed by atoms with Gasteiger partial charge in [-0.15, -0.1) is 23.2 Å². The van der Waals surface area contributed by atoms with Crippen molar-refractivity contribution < 1.29 is 23.3 Å². The molecular weight excluding hydrogens is 427 g/mol. The summed E-state index contributed by atoms with van der Waals surface area (Å²) in [5.41, 5.74) is 1.10. The lowest BCUT2D eigenvalue weighted by atomic mass is 9.98. The zero-order chi connectivity index (χ0) is 20.4. The predicted octanol–water partition coefficient (Wildman–Crippen LogP) is 0.916. The van der Waals surface area contributed by atoms with Gasteiger partial charge in [0.25, 0.3) is 0 Å². The minimum absolute atomic E-state index is 0.0322. The second-order valence-electron chi connectivity index (χ2n) is 6.45. The molecule has 150 valence electrons. The number of nitrogens with one attached hydrogen (secondary N) is 1. The molecular formula is C18H18Cl2N2O5S. The van der Waals surface area contributed by atoms with Crippen LogP contribution in [0.25, 0.3) is 0 Å². The molecule has 2 heterocycles. The van der Waals surface area contributed by atoms with E-state index in [1.807, 2.05) is 18.2 Å². The van der Waals surface area contributed by atoms with Gasteiger partial charge in [-0.1, -0.05) is 36.9 Å². The number of fused-ring (bicyclic) bond motifs is 1. The number of carbonyl (C=O) groups excluding carboxylic acids is 3. The number of amides is 2. The summed E-state index contributed by atoms with van der Waals surface area (Å²) < 4.78 is 17.5. The van der Waals surface area contributed by atoms with Crippen LogP contribution >= 0.6 is 23.2 Å². The first-order valence-corrected chi connectivity index (χ1v) is 10.7. The van der Waals surface area contributed by atoms with Gasteiger partial charge in [0, 0.05) is 5.75 Å². The van der Waals surface area contributed by atoms with Crippen molar-refractivity contribution in [3.05, 3.63) is 48.0 Å². The van der Waals surface area contributed by atoms with Crippen molar-refractivity contribution in [3.8, 4) is 0 Å². The number of ether oxygens (including phenoxy) is 1. The van der Waals surface area contributed by atoms with Gasteiger partial charge in [-0.25, -0.2) is 4.79 Å². The van der Waals surface area contributed by atoms with Crippen LogP contribution < -0.4 is 5.32 Å². The van der Waals surface area contributed by atoms with Crippen LogP contribution in [-0.2, 0) is 36.3 Å². The van der Waals surface area contributed by atoms with Crippen molar-refractivity contribution in [2.75, 3.05) is 12.4 Å². The molecule has 1 aromatic rings. The maximum absolute atomic E-state index is 12.6. The lowest BCUT2D eigenvalue weighted by Gasteiger charge is -2.52. The maximum Gasteiger partial charge on any atom is 0.333 e. The molecule has 4 atom stereocenters. The number of alkyl halides is 2. The number of carbonyl (C=O) groups is 3. The molecule has 0 saturated carbocycles. The second kappa shape index (κ2) is 8.63. The van der Waals surface area contributed by atoms with Crippen LogP contribution in [0.1, 0.15) is 5.56 Å². The summed E-state index contributed by atoms with van der Waals surface area (Å²) in [7, 11) is -1.49. The van der Waals surface area contributed by atoms with Crippen LogP contribution in [0.3, 0.4) is 0 Å². The summed E-state index contributed by atoms with van der Waals surface area (Å²) in [6, 6.07) is 7.03. The molecule has 2 saturated heterocycles. The first-order valence-electron chi connectivity index (χ1n) is 8.44. The molecule has 28 heavy (non-hydrogen) atoms. The Labute approximate surface area is 174 Å². The van der Waals surface area contributed by atoms with Gasteiger partial charge in [0.15, 0.2) is 6.04 Å². The normalized spacial score (nSPS) is 26.5. The molecule has 2 aliphatic heterocycles. The van der Waals surface area contributed by atoms with Crippen LogP contribution in [-0.4, -0.2) is 61.5 Å². The quantitative estimate of drug-likeness (QED) is 0.304. The summed E-state index contributed by atoms with van der Waals surface area (Å²) in [4.78, 5) is 37.5. The number of halogens is 2. The van der Waals surface area contributed by atoms with Gasteiger partial charge in [0.05, 0.1) is 17.2 Å². The van der Waals surface area contributed by atoms with E-state index in [1.165, 1.54) is 0 Å². The van der Waals surface area contributed by atoms with Gasteiger partial charge in [-0.2, -0.15) is 0 Å². The van der Waals surface area contributed by atoms with Crippen molar-refractivity contribution in [1.29, 1.82) is 0 Å². The molecule has 1 N–H and O–H groups in total. The molecule has 3 rings (SSSR count). The first kappa shape index (κ1) is 20.8. The van der Waals surface area contributed by atoms with Gasteiger partial charge >= 0.3 is 5.97 Å². The second-order valence-corrected chi connectivity index (χ2v) is 9.26. The Bertz CT molecular complexity index is 833.